The lowest BCUT2D eigenvalue weighted by Crippen LogP contribution is -2.50. The molecule has 4 heteroatoms. The summed E-state index contributed by atoms with van der Waals surface area (Å²) in [6, 6.07) is 8.54. The van der Waals surface area contributed by atoms with Gasteiger partial charge in [0.25, 0.3) is 0 Å². The number of anilines is 1. The molecule has 0 N–H and O–H groups in total. The minimum atomic E-state index is 0.258. The summed E-state index contributed by atoms with van der Waals surface area (Å²) in [6.07, 6.45) is 8.56. The first-order valence-corrected chi connectivity index (χ1v) is 11.9. The number of fused-ring (bicyclic) bond motifs is 1. The molecule has 0 radical (unpaired) electrons. The first kappa shape index (κ1) is 16.6. The van der Waals surface area contributed by atoms with Gasteiger partial charge in [-0.2, -0.15) is 0 Å². The first-order chi connectivity index (χ1) is 12.3. The zero-order chi connectivity index (χ0) is 16.9. The fraction of sp³-hybridized carbons (Fsp3) is 0.667. The zero-order valence-corrected chi connectivity index (χ0v) is 16.4. The molecule has 134 valence electrons. The van der Waals surface area contributed by atoms with Crippen LogP contribution in [0.2, 0.25) is 0 Å². The number of aryl methyl sites for hydroxylation is 1. The van der Waals surface area contributed by atoms with Crippen molar-refractivity contribution in [2.24, 2.45) is 17.8 Å². The fourth-order valence-electron chi connectivity index (χ4n) is 5.79. The van der Waals surface area contributed by atoms with Gasteiger partial charge in [-0.05, 0) is 62.0 Å². The molecule has 1 unspecified atom stereocenters. The number of thioether (sulfide) groups is 2. The van der Waals surface area contributed by atoms with E-state index in [-0.39, 0.29) is 5.92 Å². The van der Waals surface area contributed by atoms with Crippen molar-refractivity contribution >= 4 is 35.1 Å². The van der Waals surface area contributed by atoms with Gasteiger partial charge in [0.15, 0.2) is 0 Å². The van der Waals surface area contributed by atoms with E-state index in [1.54, 1.807) is 0 Å². The van der Waals surface area contributed by atoms with Crippen molar-refractivity contribution in [1.29, 1.82) is 0 Å². The third kappa shape index (κ3) is 2.66. The van der Waals surface area contributed by atoms with Crippen LogP contribution >= 0.6 is 23.5 Å². The number of benzene rings is 1. The number of hydrogen-bond acceptors (Lipinski definition) is 3. The Kier molecular flexibility index (Phi) is 4.32. The Balaban J connectivity index is 1.39. The van der Waals surface area contributed by atoms with E-state index in [1.807, 2.05) is 0 Å². The number of nitrogens with zero attached hydrogens (tertiary/aromatic N) is 1. The number of amides is 1. The van der Waals surface area contributed by atoms with Crippen LogP contribution in [-0.2, 0) is 11.2 Å². The van der Waals surface area contributed by atoms with Crippen LogP contribution in [0.1, 0.15) is 44.1 Å². The molecule has 1 saturated heterocycles. The molecular formula is C21H27NOS2. The average molecular weight is 374 g/mol. The highest BCUT2D eigenvalue weighted by Gasteiger charge is 2.55. The second-order valence-electron chi connectivity index (χ2n) is 8.13. The highest BCUT2D eigenvalue weighted by Crippen LogP contribution is 2.64. The monoisotopic (exact) mass is 373 g/mol. The standard InChI is InChI=1S/C21H27NOS2/c23-20(22-10-4-6-15-5-1-2-9-19(15)22)16-13-17-7-3-8-18(14-16)21(17)24-11-12-25-21/h1-2,5,9,16-18H,3-4,6-8,10-14H2/t16?,17-,18+. The molecule has 2 aliphatic carbocycles. The summed E-state index contributed by atoms with van der Waals surface area (Å²) < 4.78 is 0.467. The van der Waals surface area contributed by atoms with E-state index in [2.05, 4.69) is 52.7 Å². The van der Waals surface area contributed by atoms with Crippen molar-refractivity contribution in [3.05, 3.63) is 29.8 Å². The molecule has 1 amide bonds. The second kappa shape index (κ2) is 6.53. The topological polar surface area (TPSA) is 20.3 Å². The highest BCUT2D eigenvalue weighted by molar-refractivity contribution is 8.21. The fourth-order valence-corrected chi connectivity index (χ4v) is 9.73. The number of carbonyl (C=O) groups excluding carboxylic acids is 1. The van der Waals surface area contributed by atoms with Gasteiger partial charge >= 0.3 is 0 Å². The Morgan fingerprint density at radius 3 is 2.52 bits per heavy atom. The summed E-state index contributed by atoms with van der Waals surface area (Å²) in [4.78, 5) is 15.6. The molecule has 1 spiro atoms. The SMILES string of the molecule is O=C(C1C[C@H]2CCC[C@@H](C1)C21SCCS1)N1CCCc2ccccc21. The largest absolute Gasteiger partial charge is 0.312 e. The highest BCUT2D eigenvalue weighted by atomic mass is 32.2. The quantitative estimate of drug-likeness (QED) is 0.693. The Morgan fingerprint density at radius 2 is 1.76 bits per heavy atom. The molecule has 4 aliphatic rings. The van der Waals surface area contributed by atoms with Gasteiger partial charge in [0.2, 0.25) is 5.91 Å². The van der Waals surface area contributed by atoms with Crippen molar-refractivity contribution in [2.45, 2.75) is 49.0 Å². The van der Waals surface area contributed by atoms with E-state index < -0.39 is 0 Å². The summed E-state index contributed by atoms with van der Waals surface area (Å²) in [5, 5.41) is 0. The Bertz CT molecular complexity index is 654. The van der Waals surface area contributed by atoms with Crippen LogP contribution in [0.5, 0.6) is 0 Å². The van der Waals surface area contributed by atoms with Crippen molar-refractivity contribution in [3.63, 3.8) is 0 Å². The molecule has 2 saturated carbocycles. The van der Waals surface area contributed by atoms with Gasteiger partial charge in [-0.25, -0.2) is 0 Å². The molecule has 2 bridgehead atoms. The van der Waals surface area contributed by atoms with Crippen molar-refractivity contribution in [1.82, 2.24) is 0 Å². The maximum Gasteiger partial charge on any atom is 0.230 e. The third-order valence-corrected chi connectivity index (χ3v) is 10.9. The maximum absolute atomic E-state index is 13.5. The lowest BCUT2D eigenvalue weighted by molar-refractivity contribution is -0.125. The molecule has 25 heavy (non-hydrogen) atoms. The van der Waals surface area contributed by atoms with E-state index in [0.717, 1.165) is 44.1 Å². The summed E-state index contributed by atoms with van der Waals surface area (Å²) in [7, 11) is 0. The smallest absolute Gasteiger partial charge is 0.230 e. The van der Waals surface area contributed by atoms with Crippen LogP contribution in [-0.4, -0.2) is 28.0 Å². The predicted molar refractivity (Wildman–Crippen MR) is 108 cm³/mol. The summed E-state index contributed by atoms with van der Waals surface area (Å²) in [6.45, 7) is 0.913. The summed E-state index contributed by atoms with van der Waals surface area (Å²) in [5.41, 5.74) is 2.55. The molecule has 2 heterocycles. The van der Waals surface area contributed by atoms with Crippen molar-refractivity contribution < 1.29 is 4.79 Å². The molecule has 1 aromatic rings. The molecule has 5 rings (SSSR count). The van der Waals surface area contributed by atoms with Gasteiger partial charge in [-0.1, -0.05) is 24.6 Å². The van der Waals surface area contributed by atoms with Gasteiger partial charge < -0.3 is 4.90 Å². The van der Waals surface area contributed by atoms with Crippen LogP contribution in [0, 0.1) is 17.8 Å². The minimum Gasteiger partial charge on any atom is -0.312 e. The van der Waals surface area contributed by atoms with Crippen LogP contribution in [0.25, 0.3) is 0 Å². The Labute approximate surface area is 159 Å². The second-order valence-corrected chi connectivity index (χ2v) is 11.1. The number of carbonyl (C=O) groups is 1. The first-order valence-electron chi connectivity index (χ1n) is 9.95. The van der Waals surface area contributed by atoms with Gasteiger partial charge in [0.05, 0.1) is 4.08 Å². The summed E-state index contributed by atoms with van der Waals surface area (Å²) >= 11 is 4.47. The number of rotatable bonds is 1. The lowest BCUT2D eigenvalue weighted by Gasteiger charge is -2.52. The molecule has 2 aliphatic heterocycles. The van der Waals surface area contributed by atoms with Crippen molar-refractivity contribution in [3.8, 4) is 0 Å². The molecule has 1 aromatic carbocycles. The van der Waals surface area contributed by atoms with E-state index in [4.69, 9.17) is 0 Å². The predicted octanol–water partition coefficient (Wildman–Crippen LogP) is 4.97. The molecule has 2 nitrogen and oxygen atoms in total. The normalized spacial score (nSPS) is 33.3. The van der Waals surface area contributed by atoms with E-state index in [1.165, 1.54) is 42.0 Å². The molecule has 3 fully saturated rings. The molecule has 0 aromatic heterocycles. The molecular weight excluding hydrogens is 346 g/mol. The minimum absolute atomic E-state index is 0.258. The van der Waals surface area contributed by atoms with Gasteiger partial charge in [0.1, 0.15) is 0 Å². The maximum atomic E-state index is 13.5. The number of para-hydroxylation sites is 1. The van der Waals surface area contributed by atoms with E-state index in [9.17, 15) is 4.79 Å². The lowest BCUT2D eigenvalue weighted by atomic mass is 9.66. The van der Waals surface area contributed by atoms with Crippen LogP contribution in [0.15, 0.2) is 24.3 Å². The van der Waals surface area contributed by atoms with Crippen LogP contribution in [0.3, 0.4) is 0 Å². The Morgan fingerprint density at radius 1 is 1.04 bits per heavy atom. The summed E-state index contributed by atoms with van der Waals surface area (Å²) in [5.74, 6) is 4.82. The zero-order valence-electron chi connectivity index (χ0n) is 14.8. The third-order valence-electron chi connectivity index (χ3n) is 6.85. The van der Waals surface area contributed by atoms with Crippen molar-refractivity contribution in [2.75, 3.05) is 23.0 Å². The van der Waals surface area contributed by atoms with Crippen LogP contribution < -0.4 is 4.90 Å². The Hall–Kier alpha value is -0.610. The molecule has 3 atom stereocenters. The van der Waals surface area contributed by atoms with E-state index >= 15 is 0 Å². The number of hydrogen-bond donors (Lipinski definition) is 0. The van der Waals surface area contributed by atoms with Crippen LogP contribution in [0.4, 0.5) is 5.69 Å². The van der Waals surface area contributed by atoms with Gasteiger partial charge in [-0.15, -0.1) is 23.5 Å². The van der Waals surface area contributed by atoms with E-state index in [0.29, 0.717) is 9.99 Å². The van der Waals surface area contributed by atoms with Gasteiger partial charge in [0, 0.05) is 29.7 Å². The van der Waals surface area contributed by atoms with Gasteiger partial charge in [-0.3, -0.25) is 4.79 Å². The average Bonchev–Trinajstić information content (AvgIpc) is 3.10.